The zero-order valence-corrected chi connectivity index (χ0v) is 80.0. The highest BCUT2D eigenvalue weighted by atomic mass is 32.2. The molecule has 9 saturated heterocycles. The van der Waals surface area contributed by atoms with Crippen molar-refractivity contribution in [3.8, 4) is 0 Å². The van der Waals surface area contributed by atoms with Crippen molar-refractivity contribution in [2.24, 2.45) is 65.1 Å². The van der Waals surface area contributed by atoms with Crippen LogP contribution < -0.4 is 0 Å². The first-order chi connectivity index (χ1) is 45.3. The minimum absolute atomic E-state index is 0.319. The first-order valence-corrected chi connectivity index (χ1v) is 47.0. The molecular weight excluding hydrogens is 1370 g/mol. The Hall–Kier alpha value is 2.40. The molecule has 594 valence electrons. The van der Waals surface area contributed by atoms with Gasteiger partial charge >= 0.3 is 0 Å². The lowest BCUT2D eigenvalue weighted by molar-refractivity contribution is -0.0170. The van der Waals surface area contributed by atoms with E-state index in [-0.39, 0.29) is 0 Å². The van der Waals surface area contributed by atoms with Gasteiger partial charge in [0.15, 0.2) is 0 Å². The highest BCUT2D eigenvalue weighted by molar-refractivity contribution is 8.01. The van der Waals surface area contributed by atoms with Crippen LogP contribution in [0.2, 0.25) is 0 Å². The van der Waals surface area contributed by atoms with Crippen molar-refractivity contribution in [2.75, 3.05) is 49.3 Å². The molecule has 27 atom stereocenters. The first-order valence-electron chi connectivity index (χ1n) is 39.9. The summed E-state index contributed by atoms with van der Waals surface area (Å²) in [5.41, 5.74) is 0. The fraction of sp³-hybridized carbons (Fsp3) is 1.00. The fourth-order valence-electron chi connectivity index (χ4n) is 16.5. The molecule has 0 aromatic heterocycles. The van der Waals surface area contributed by atoms with E-state index < -0.39 is 0 Å². The second kappa shape index (κ2) is 46.3. The minimum atomic E-state index is 0.319. The second-order valence-electron chi connectivity index (χ2n) is 34.9. The molecule has 0 aromatic rings. The quantitative estimate of drug-likeness (QED) is 0.206. The van der Waals surface area contributed by atoms with Gasteiger partial charge in [-0.15, -0.1) is 47.0 Å². The molecule has 10 nitrogen and oxygen atoms in total. The molecule has 0 spiro atoms. The van der Waals surface area contributed by atoms with Crippen LogP contribution in [0.25, 0.3) is 0 Å². The Balaban J connectivity index is 0.000000557. The van der Waals surface area contributed by atoms with E-state index in [0.717, 1.165) is 155 Å². The zero-order valence-electron chi connectivity index (χ0n) is 73.5. The molecule has 99 heavy (non-hydrogen) atoms. The molecule has 9 aliphatic rings. The van der Waals surface area contributed by atoms with Crippen LogP contribution in [-0.2, 0) is 4.74 Å². The van der Waals surface area contributed by atoms with Crippen molar-refractivity contribution < 1.29 is 4.74 Å². The van der Waals surface area contributed by atoms with Gasteiger partial charge in [-0.2, -0.15) is 0 Å². The Bertz CT molecular complexity index is 1820. The van der Waals surface area contributed by atoms with Crippen LogP contribution in [0.3, 0.4) is 0 Å². The Labute approximate surface area is 655 Å². The number of hydrogen-bond acceptors (Lipinski definition) is 18. The third kappa shape index (κ3) is 29.2. The van der Waals surface area contributed by atoms with Gasteiger partial charge < -0.3 is 4.74 Å². The predicted molar refractivity (Wildman–Crippen MR) is 469 cm³/mol. The van der Waals surface area contributed by atoms with E-state index in [0.29, 0.717) is 52.5 Å². The smallest absolute Gasteiger partial charge is 0.113 e. The molecular formula is C81H171N9OS8. The van der Waals surface area contributed by atoms with Crippen LogP contribution in [0.4, 0.5) is 0 Å². The Morgan fingerprint density at radius 1 is 0.283 bits per heavy atom. The first kappa shape index (κ1) is 99.4. The fourth-order valence-corrected chi connectivity index (χ4v) is 28.7. The average molecular weight is 1540 g/mol. The highest BCUT2D eigenvalue weighted by Gasteiger charge is 2.43. The summed E-state index contributed by atoms with van der Waals surface area (Å²) in [6, 6.07) is 7.95. The molecule has 18 heteroatoms. The van der Waals surface area contributed by atoms with Crippen molar-refractivity contribution >= 4 is 94.8 Å². The summed E-state index contributed by atoms with van der Waals surface area (Å²) in [6.07, 6.45) is 0.701. The van der Waals surface area contributed by atoms with Gasteiger partial charge in [0.1, 0.15) is 6.23 Å². The van der Waals surface area contributed by atoms with Gasteiger partial charge in [-0.3, -0.25) is 33.1 Å². The van der Waals surface area contributed by atoms with Gasteiger partial charge in [0, 0.05) is 108 Å². The Morgan fingerprint density at radius 3 is 0.929 bits per heavy atom. The molecule has 0 aliphatic carbocycles. The van der Waals surface area contributed by atoms with Gasteiger partial charge in [0.2, 0.25) is 0 Å². The molecule has 27 unspecified atom stereocenters. The van der Waals surface area contributed by atoms with Crippen LogP contribution >= 0.6 is 94.8 Å². The summed E-state index contributed by atoms with van der Waals surface area (Å²) >= 11 is 16.5. The number of likely N-dealkylation sites (N-methyl/N-ethyl adjacent to an activating group) is 1. The monoisotopic (exact) mass is 1540 g/mol. The maximum atomic E-state index is 5.77. The zero-order chi connectivity index (χ0) is 77.3. The lowest BCUT2D eigenvalue weighted by atomic mass is 9.87. The summed E-state index contributed by atoms with van der Waals surface area (Å²) in [4.78, 5) is 12.4. The molecule has 0 radical (unpaired) electrons. The molecule has 0 saturated carbocycles. The topological polar surface area (TPSA) is 38.4 Å². The highest BCUT2D eigenvalue weighted by Crippen LogP contribution is 2.45. The standard InChI is InChI=1S/C9H19NO.8C9H19NS/c1-6(2)9-10(5)7(3)8(4)11-9;1-6(2)9-7(3)11-8(4)10(9)5;1-6(2)9-7(3)10(5)8(4)11-9;1-6(2)9-7(3)10(5)11-8(9)4;1-6(2)9-10(5)7(3)8(4)11-9;1-6(2)9-7(3)8(4)11-10(9)5;1-6(2)9-7(3)8(4)10(5)11-9;1-6(2)10-7(3)8(4)11-9(10)5;1-6(2)10-8(4)7(3)9(5)11-10/h9*6-9H,1-5H3. The van der Waals surface area contributed by atoms with Gasteiger partial charge in [-0.05, 0) is 218 Å². The van der Waals surface area contributed by atoms with E-state index in [4.69, 9.17) is 4.74 Å². The normalized spacial score (nSPS) is 40.4. The largest absolute Gasteiger partial charge is 0.358 e. The molecule has 0 amide bonds. The van der Waals surface area contributed by atoms with Gasteiger partial charge in [0.25, 0.3) is 0 Å². The summed E-state index contributed by atoms with van der Waals surface area (Å²) in [5.74, 6) is 8.74. The Morgan fingerprint density at radius 2 is 0.747 bits per heavy atom. The van der Waals surface area contributed by atoms with Crippen LogP contribution in [0.1, 0.15) is 263 Å². The van der Waals surface area contributed by atoms with Crippen LogP contribution in [0, 0.1) is 65.1 Å². The van der Waals surface area contributed by atoms with E-state index in [2.05, 4.69) is 401 Å². The lowest BCUT2D eigenvalue weighted by Gasteiger charge is -2.29. The molecule has 0 bridgehead atoms. The van der Waals surface area contributed by atoms with Gasteiger partial charge in [0.05, 0.1) is 27.6 Å². The van der Waals surface area contributed by atoms with E-state index in [9.17, 15) is 0 Å². The molecule has 9 rings (SSSR count). The summed E-state index contributed by atoms with van der Waals surface area (Å²) in [5, 5.41) is 9.31. The van der Waals surface area contributed by atoms with Crippen molar-refractivity contribution in [3.63, 3.8) is 0 Å². The molecule has 9 heterocycles. The third-order valence-electron chi connectivity index (χ3n) is 24.2. The van der Waals surface area contributed by atoms with Crippen LogP contribution in [-0.4, -0.2) is 233 Å². The van der Waals surface area contributed by atoms with Crippen molar-refractivity contribution in [2.45, 2.75) is 405 Å². The minimum Gasteiger partial charge on any atom is -0.358 e. The average Bonchev–Trinajstić information content (AvgIpc) is 1.70. The number of nitrogens with zero attached hydrogens (tertiary/aromatic N) is 9. The molecule has 9 fully saturated rings. The molecule has 0 N–H and O–H groups in total. The van der Waals surface area contributed by atoms with E-state index in [1.165, 1.54) is 0 Å². The number of hydrogen-bond donors (Lipinski definition) is 0. The summed E-state index contributed by atoms with van der Waals surface area (Å²) in [7, 11) is 15.5. The van der Waals surface area contributed by atoms with Crippen LogP contribution in [0.5, 0.6) is 0 Å². The maximum Gasteiger partial charge on any atom is 0.113 e. The van der Waals surface area contributed by atoms with E-state index in [1.54, 1.807) is 0 Å². The predicted octanol–water partition coefficient (Wildman–Crippen LogP) is 22.2. The second-order valence-corrected chi connectivity index (χ2v) is 47.0. The third-order valence-corrected chi connectivity index (χ3v) is 37.3. The molecule has 0 aromatic carbocycles. The van der Waals surface area contributed by atoms with Gasteiger partial charge in [-0.1, -0.05) is 207 Å². The lowest BCUT2D eigenvalue weighted by Crippen LogP contribution is -2.40. The SMILES string of the molecule is CC(C)C1C(C)C(C)SN1C.CC(C)C1C(C)SC(C)N1C.CC(C)C1C(C)SN(C)C1C.CC(C)C1OC(C)C(C)N1C.CC(C)C1SC(C)C(C)N1C.CC(C)C1SC(C)N(C)C1C.CC(C)C1SN(C)C(C)C1C.CC1SC(C)N(C(C)C)C1C.CC1SN(C(C)C)C(C)C1C. The van der Waals surface area contributed by atoms with Crippen molar-refractivity contribution in [3.05, 3.63) is 0 Å². The number of ether oxygens (including phenoxy) is 1. The summed E-state index contributed by atoms with van der Waals surface area (Å²) < 4.78 is 15.5. The van der Waals surface area contributed by atoms with Crippen molar-refractivity contribution in [1.82, 2.24) is 41.7 Å². The van der Waals surface area contributed by atoms with Crippen LogP contribution in [0.15, 0.2) is 0 Å². The number of rotatable bonds is 9. The maximum absolute atomic E-state index is 5.77. The van der Waals surface area contributed by atoms with E-state index >= 15 is 0 Å². The van der Waals surface area contributed by atoms with Crippen molar-refractivity contribution in [1.29, 1.82) is 0 Å². The van der Waals surface area contributed by atoms with Gasteiger partial charge in [-0.25, -0.2) is 8.61 Å². The van der Waals surface area contributed by atoms with E-state index in [1.807, 2.05) is 47.8 Å². The Kier molecular flexibility index (Phi) is 46.5. The molecule has 9 aliphatic heterocycles. The summed E-state index contributed by atoms with van der Waals surface area (Å²) in [6.45, 7) is 87.6. The number of thioether (sulfide) groups is 4.